The summed E-state index contributed by atoms with van der Waals surface area (Å²) in [5, 5.41) is 2.42. The van der Waals surface area contributed by atoms with Gasteiger partial charge in [0, 0.05) is 5.38 Å². The van der Waals surface area contributed by atoms with Gasteiger partial charge in [-0.1, -0.05) is 0 Å². The van der Waals surface area contributed by atoms with Crippen LogP contribution in [-0.2, 0) is 26.2 Å². The monoisotopic (exact) mass is 422 g/mol. The number of sulfonamides is 1. The molecule has 0 radical (unpaired) electrons. The number of furan rings is 1. The molecule has 1 atom stereocenters. The fourth-order valence-corrected chi connectivity index (χ4v) is 4.22. The molecule has 0 aliphatic rings. The number of thiazole rings is 1. The van der Waals surface area contributed by atoms with Crippen LogP contribution < -0.4 is 9.46 Å². The standard InChI is InChI=1S/C18H18N2O6S2/c1-12(20-28(22,23)15-7-5-14(24-2)6-8-15)18(21)26-10-13-11-27-17(19-13)16-4-3-9-25-16/h3-9,11-12,20H,10H2,1-2H3/t12-/m0/s1. The number of hydrogen-bond acceptors (Lipinski definition) is 8. The van der Waals surface area contributed by atoms with Crippen LogP contribution in [0.25, 0.3) is 10.8 Å². The van der Waals surface area contributed by atoms with Crippen molar-refractivity contribution in [2.45, 2.75) is 24.5 Å². The number of carbonyl (C=O) groups excluding carboxylic acids is 1. The molecule has 0 saturated heterocycles. The van der Waals surface area contributed by atoms with Crippen LogP contribution in [0, 0.1) is 0 Å². The van der Waals surface area contributed by atoms with Crippen LogP contribution in [0.3, 0.4) is 0 Å². The van der Waals surface area contributed by atoms with Crippen LogP contribution in [0.4, 0.5) is 0 Å². The van der Waals surface area contributed by atoms with Crippen LogP contribution in [0.15, 0.2) is 57.4 Å². The van der Waals surface area contributed by atoms with Crippen molar-refractivity contribution in [3.05, 3.63) is 53.7 Å². The van der Waals surface area contributed by atoms with Gasteiger partial charge in [-0.3, -0.25) is 4.79 Å². The van der Waals surface area contributed by atoms with E-state index in [-0.39, 0.29) is 11.5 Å². The second-order valence-corrected chi connectivity index (χ2v) is 8.32. The highest BCUT2D eigenvalue weighted by Gasteiger charge is 2.23. The molecule has 8 nitrogen and oxygen atoms in total. The number of carbonyl (C=O) groups is 1. The van der Waals surface area contributed by atoms with E-state index in [0.717, 1.165) is 0 Å². The molecular formula is C18H18N2O6S2. The van der Waals surface area contributed by atoms with Gasteiger partial charge in [-0.05, 0) is 43.3 Å². The van der Waals surface area contributed by atoms with Gasteiger partial charge in [-0.25, -0.2) is 13.4 Å². The first-order valence-electron chi connectivity index (χ1n) is 8.20. The number of methoxy groups -OCH3 is 1. The first kappa shape index (κ1) is 20.1. The molecule has 0 fully saturated rings. The largest absolute Gasteiger partial charge is 0.497 e. The molecule has 2 heterocycles. The van der Waals surface area contributed by atoms with Crippen LogP contribution >= 0.6 is 11.3 Å². The summed E-state index contributed by atoms with van der Waals surface area (Å²) in [6.07, 6.45) is 1.55. The number of esters is 1. The van der Waals surface area contributed by atoms with Crippen molar-refractivity contribution in [3.63, 3.8) is 0 Å². The molecule has 0 spiro atoms. The lowest BCUT2D eigenvalue weighted by atomic mass is 10.3. The number of hydrogen-bond donors (Lipinski definition) is 1. The van der Waals surface area contributed by atoms with Crippen molar-refractivity contribution in [1.29, 1.82) is 0 Å². The van der Waals surface area contributed by atoms with E-state index in [0.29, 0.717) is 22.2 Å². The normalized spacial score (nSPS) is 12.5. The number of nitrogens with zero attached hydrogens (tertiary/aromatic N) is 1. The summed E-state index contributed by atoms with van der Waals surface area (Å²) in [4.78, 5) is 16.5. The van der Waals surface area contributed by atoms with Gasteiger partial charge in [0.2, 0.25) is 10.0 Å². The Morgan fingerprint density at radius 2 is 2.04 bits per heavy atom. The molecular weight excluding hydrogens is 404 g/mol. The quantitative estimate of drug-likeness (QED) is 0.556. The summed E-state index contributed by atoms with van der Waals surface area (Å²) >= 11 is 1.36. The molecule has 1 aromatic carbocycles. The first-order chi connectivity index (χ1) is 13.4. The number of ether oxygens (including phenoxy) is 2. The smallest absolute Gasteiger partial charge is 0.324 e. The second-order valence-electron chi connectivity index (χ2n) is 5.75. The Labute approximate surface area is 166 Å². The predicted molar refractivity (Wildman–Crippen MR) is 102 cm³/mol. The maximum absolute atomic E-state index is 12.4. The van der Waals surface area contributed by atoms with Gasteiger partial charge in [0.1, 0.15) is 18.4 Å². The van der Waals surface area contributed by atoms with Crippen molar-refractivity contribution >= 4 is 27.3 Å². The molecule has 0 amide bonds. The van der Waals surface area contributed by atoms with Crippen LogP contribution in [0.2, 0.25) is 0 Å². The Morgan fingerprint density at radius 3 is 2.68 bits per heavy atom. The maximum atomic E-state index is 12.4. The molecule has 0 bridgehead atoms. The van der Waals surface area contributed by atoms with Gasteiger partial charge in [0.15, 0.2) is 10.8 Å². The molecule has 10 heteroatoms. The lowest BCUT2D eigenvalue weighted by Crippen LogP contribution is -2.39. The van der Waals surface area contributed by atoms with E-state index in [1.54, 1.807) is 23.8 Å². The average Bonchev–Trinajstić information content (AvgIpc) is 3.37. The van der Waals surface area contributed by atoms with E-state index >= 15 is 0 Å². The van der Waals surface area contributed by atoms with Crippen LogP contribution in [0.5, 0.6) is 5.75 Å². The minimum absolute atomic E-state index is 0.0236. The van der Waals surface area contributed by atoms with Gasteiger partial charge >= 0.3 is 5.97 Å². The average molecular weight is 422 g/mol. The predicted octanol–water partition coefficient (Wildman–Crippen LogP) is 2.82. The third-order valence-corrected chi connectivity index (χ3v) is 6.16. The lowest BCUT2D eigenvalue weighted by Gasteiger charge is -2.13. The zero-order chi connectivity index (χ0) is 20.1. The van der Waals surface area contributed by atoms with Crippen molar-refractivity contribution in [2.75, 3.05) is 7.11 Å². The summed E-state index contributed by atoms with van der Waals surface area (Å²) in [7, 11) is -2.38. The molecule has 3 rings (SSSR count). The van der Waals surface area contributed by atoms with Crippen molar-refractivity contribution < 1.29 is 27.1 Å². The fourth-order valence-electron chi connectivity index (χ4n) is 2.26. The van der Waals surface area contributed by atoms with E-state index in [1.165, 1.54) is 49.6 Å². The lowest BCUT2D eigenvalue weighted by molar-refractivity contribution is -0.146. The number of aromatic nitrogens is 1. The summed E-state index contributed by atoms with van der Waals surface area (Å²) in [5.41, 5.74) is 0.551. The summed E-state index contributed by atoms with van der Waals surface area (Å²) in [6.45, 7) is 1.35. The van der Waals surface area contributed by atoms with E-state index in [1.807, 2.05) is 0 Å². The SMILES string of the molecule is COc1ccc(S(=O)(=O)N[C@@H](C)C(=O)OCc2csc(-c3ccco3)n2)cc1. The minimum Gasteiger partial charge on any atom is -0.497 e. The number of nitrogens with one attached hydrogen (secondary N) is 1. The van der Waals surface area contributed by atoms with Crippen LogP contribution in [-0.4, -0.2) is 32.5 Å². The Morgan fingerprint density at radius 1 is 1.29 bits per heavy atom. The Bertz CT molecular complexity index is 1030. The highest BCUT2D eigenvalue weighted by molar-refractivity contribution is 7.89. The Hall–Kier alpha value is -2.69. The van der Waals surface area contributed by atoms with Gasteiger partial charge < -0.3 is 13.9 Å². The van der Waals surface area contributed by atoms with Gasteiger partial charge in [-0.2, -0.15) is 4.72 Å². The highest BCUT2D eigenvalue weighted by atomic mass is 32.2. The first-order valence-corrected chi connectivity index (χ1v) is 10.6. The Kier molecular flexibility index (Phi) is 6.12. The fraction of sp³-hybridized carbons (Fsp3) is 0.222. The van der Waals surface area contributed by atoms with Gasteiger partial charge in [0.25, 0.3) is 0 Å². The van der Waals surface area contributed by atoms with Crippen molar-refractivity contribution in [2.24, 2.45) is 0 Å². The van der Waals surface area contributed by atoms with E-state index in [9.17, 15) is 13.2 Å². The summed E-state index contributed by atoms with van der Waals surface area (Å²) in [6, 6.07) is 8.31. The molecule has 0 saturated carbocycles. The molecule has 0 aliphatic carbocycles. The molecule has 0 unspecified atom stereocenters. The van der Waals surface area contributed by atoms with E-state index < -0.39 is 22.0 Å². The van der Waals surface area contributed by atoms with Crippen LogP contribution in [0.1, 0.15) is 12.6 Å². The molecule has 2 aromatic heterocycles. The molecule has 0 aliphatic heterocycles. The zero-order valence-electron chi connectivity index (χ0n) is 15.1. The maximum Gasteiger partial charge on any atom is 0.324 e. The van der Waals surface area contributed by atoms with Gasteiger partial charge in [0.05, 0.1) is 24.0 Å². The summed E-state index contributed by atoms with van der Waals surface area (Å²) in [5.74, 6) is 0.455. The van der Waals surface area contributed by atoms with E-state index in [4.69, 9.17) is 13.9 Å². The zero-order valence-corrected chi connectivity index (χ0v) is 16.7. The molecule has 28 heavy (non-hydrogen) atoms. The van der Waals surface area contributed by atoms with E-state index in [2.05, 4.69) is 9.71 Å². The van der Waals surface area contributed by atoms with Gasteiger partial charge in [-0.15, -0.1) is 11.3 Å². The second kappa shape index (κ2) is 8.55. The molecule has 148 valence electrons. The minimum atomic E-state index is -3.87. The topological polar surface area (TPSA) is 108 Å². The Balaban J connectivity index is 1.56. The summed E-state index contributed by atoms with van der Waals surface area (Å²) < 4.78 is 42.5. The van der Waals surface area contributed by atoms with Crippen molar-refractivity contribution in [1.82, 2.24) is 9.71 Å². The third kappa shape index (κ3) is 4.77. The molecule has 1 N–H and O–H groups in total. The number of benzene rings is 1. The number of rotatable bonds is 8. The molecule has 3 aromatic rings. The van der Waals surface area contributed by atoms with Crippen molar-refractivity contribution in [3.8, 4) is 16.5 Å². The third-order valence-electron chi connectivity index (χ3n) is 3.70. The highest BCUT2D eigenvalue weighted by Crippen LogP contribution is 2.24.